The van der Waals surface area contributed by atoms with E-state index in [9.17, 15) is 0 Å². The van der Waals surface area contributed by atoms with E-state index < -0.39 is 0 Å². The van der Waals surface area contributed by atoms with E-state index in [4.69, 9.17) is 4.74 Å². The highest BCUT2D eigenvalue weighted by Gasteiger charge is 2.18. The monoisotopic (exact) mass is 257 g/mol. The molecule has 2 rings (SSSR count). The third-order valence-corrected chi connectivity index (χ3v) is 3.23. The topological polar surface area (TPSA) is 47.0 Å². The highest BCUT2D eigenvalue weighted by atomic mass is 16.5. The normalized spacial score (nSPS) is 12.2. The second-order valence-electron chi connectivity index (χ2n) is 4.51. The number of hydrogen-bond donors (Lipinski definition) is 1. The molecule has 1 N–H and O–H groups in total. The summed E-state index contributed by atoms with van der Waals surface area (Å²) in [4.78, 5) is 8.67. The van der Waals surface area contributed by atoms with Crippen molar-refractivity contribution in [2.45, 2.75) is 19.9 Å². The first-order valence-electron chi connectivity index (χ1n) is 6.26. The van der Waals surface area contributed by atoms with E-state index in [1.54, 1.807) is 19.5 Å². The Labute approximate surface area is 113 Å². The Bertz CT molecular complexity index is 555. The summed E-state index contributed by atoms with van der Waals surface area (Å²) in [5.41, 5.74) is 3.44. The molecule has 0 saturated heterocycles. The Kier molecular flexibility index (Phi) is 4.12. The lowest BCUT2D eigenvalue weighted by Gasteiger charge is -2.19. The molecule has 2 aromatic rings. The fourth-order valence-corrected chi connectivity index (χ4v) is 2.23. The largest absolute Gasteiger partial charge is 0.496 e. The maximum atomic E-state index is 5.35. The summed E-state index contributed by atoms with van der Waals surface area (Å²) >= 11 is 0. The van der Waals surface area contributed by atoms with Crippen LogP contribution >= 0.6 is 0 Å². The third-order valence-electron chi connectivity index (χ3n) is 3.23. The van der Waals surface area contributed by atoms with Gasteiger partial charge >= 0.3 is 0 Å². The molecule has 1 aromatic heterocycles. The van der Waals surface area contributed by atoms with Crippen LogP contribution in [0.1, 0.15) is 28.6 Å². The van der Waals surface area contributed by atoms with Crippen molar-refractivity contribution in [3.05, 3.63) is 53.1 Å². The molecule has 1 unspecified atom stereocenters. The number of benzene rings is 1. The van der Waals surface area contributed by atoms with Gasteiger partial charge in [0.05, 0.1) is 13.2 Å². The number of aromatic nitrogens is 2. The number of aryl methyl sites for hydroxylation is 2. The molecule has 0 amide bonds. The smallest absolute Gasteiger partial charge is 0.149 e. The number of ether oxygens (including phenoxy) is 1. The molecule has 0 bridgehead atoms. The molecule has 0 radical (unpaired) electrons. The molecular weight excluding hydrogens is 238 g/mol. The molecule has 4 nitrogen and oxygen atoms in total. The van der Waals surface area contributed by atoms with Crippen LogP contribution < -0.4 is 10.1 Å². The first-order chi connectivity index (χ1) is 9.17. The number of nitrogens with zero attached hydrogens (tertiary/aromatic N) is 2. The zero-order valence-electron chi connectivity index (χ0n) is 11.8. The molecule has 1 aromatic carbocycles. The summed E-state index contributed by atoms with van der Waals surface area (Å²) in [5, 5.41) is 3.27. The van der Waals surface area contributed by atoms with E-state index in [0.29, 0.717) is 0 Å². The maximum Gasteiger partial charge on any atom is 0.149 e. The maximum absolute atomic E-state index is 5.35. The Morgan fingerprint density at radius 1 is 1.11 bits per heavy atom. The Hall–Kier alpha value is -1.94. The van der Waals surface area contributed by atoms with Gasteiger partial charge in [-0.3, -0.25) is 0 Å². The van der Waals surface area contributed by atoms with Gasteiger partial charge in [0.15, 0.2) is 0 Å². The molecule has 100 valence electrons. The zero-order valence-corrected chi connectivity index (χ0v) is 11.8. The zero-order chi connectivity index (χ0) is 13.8. The fraction of sp³-hybridized carbons (Fsp3) is 0.333. The van der Waals surface area contributed by atoms with Gasteiger partial charge in [-0.05, 0) is 49.7 Å². The van der Waals surface area contributed by atoms with Gasteiger partial charge < -0.3 is 10.1 Å². The predicted molar refractivity (Wildman–Crippen MR) is 75.4 cm³/mol. The van der Waals surface area contributed by atoms with Crippen molar-refractivity contribution in [3.8, 4) is 5.75 Å². The van der Waals surface area contributed by atoms with Crippen molar-refractivity contribution >= 4 is 0 Å². The van der Waals surface area contributed by atoms with Gasteiger partial charge in [0.25, 0.3) is 0 Å². The van der Waals surface area contributed by atoms with Crippen molar-refractivity contribution < 1.29 is 4.74 Å². The van der Waals surface area contributed by atoms with E-state index in [0.717, 1.165) is 22.7 Å². The SMILES string of the molecule is CNC(c1ncccn1)c1cc(C)c(OC)cc1C. The molecule has 1 heterocycles. The van der Waals surface area contributed by atoms with Crippen LogP contribution in [-0.4, -0.2) is 24.1 Å². The van der Waals surface area contributed by atoms with Crippen LogP contribution in [0.25, 0.3) is 0 Å². The summed E-state index contributed by atoms with van der Waals surface area (Å²) in [6, 6.07) is 6.00. The van der Waals surface area contributed by atoms with Gasteiger partial charge in [-0.1, -0.05) is 6.07 Å². The summed E-state index contributed by atoms with van der Waals surface area (Å²) in [7, 11) is 3.61. The first-order valence-corrected chi connectivity index (χ1v) is 6.26. The first kappa shape index (κ1) is 13.5. The van der Waals surface area contributed by atoms with E-state index in [-0.39, 0.29) is 6.04 Å². The van der Waals surface area contributed by atoms with Gasteiger partial charge in [0.1, 0.15) is 11.6 Å². The summed E-state index contributed by atoms with van der Waals surface area (Å²) < 4.78 is 5.35. The van der Waals surface area contributed by atoms with Gasteiger partial charge in [0.2, 0.25) is 0 Å². The Balaban J connectivity index is 2.47. The van der Waals surface area contributed by atoms with Crippen molar-refractivity contribution in [1.82, 2.24) is 15.3 Å². The summed E-state index contributed by atoms with van der Waals surface area (Å²) in [5.74, 6) is 1.68. The van der Waals surface area contributed by atoms with Crippen LogP contribution in [-0.2, 0) is 0 Å². The van der Waals surface area contributed by atoms with Gasteiger partial charge in [-0.25, -0.2) is 9.97 Å². The number of nitrogens with one attached hydrogen (secondary N) is 1. The van der Waals surface area contributed by atoms with Crippen LogP contribution in [0.3, 0.4) is 0 Å². The van der Waals surface area contributed by atoms with E-state index in [2.05, 4.69) is 34.3 Å². The summed E-state index contributed by atoms with van der Waals surface area (Å²) in [6.07, 6.45) is 3.52. The third kappa shape index (κ3) is 2.74. The average Bonchev–Trinajstić information content (AvgIpc) is 2.44. The Morgan fingerprint density at radius 3 is 2.37 bits per heavy atom. The number of hydrogen-bond acceptors (Lipinski definition) is 4. The standard InChI is InChI=1S/C15H19N3O/c1-10-9-13(19-4)11(2)8-12(10)14(16-3)15-17-6-5-7-18-15/h5-9,14,16H,1-4H3. The van der Waals surface area contributed by atoms with Crippen LogP contribution in [0.4, 0.5) is 0 Å². The minimum Gasteiger partial charge on any atom is -0.496 e. The molecule has 19 heavy (non-hydrogen) atoms. The number of rotatable bonds is 4. The molecule has 4 heteroatoms. The van der Waals surface area contributed by atoms with Crippen molar-refractivity contribution in [2.24, 2.45) is 0 Å². The van der Waals surface area contributed by atoms with Crippen molar-refractivity contribution in [3.63, 3.8) is 0 Å². The number of methoxy groups -OCH3 is 1. The molecule has 0 saturated carbocycles. The molecule has 0 aliphatic rings. The fourth-order valence-electron chi connectivity index (χ4n) is 2.23. The van der Waals surface area contributed by atoms with Crippen molar-refractivity contribution in [2.75, 3.05) is 14.2 Å². The predicted octanol–water partition coefficient (Wildman–Crippen LogP) is 2.41. The lowest BCUT2D eigenvalue weighted by atomic mass is 9.97. The highest BCUT2D eigenvalue weighted by molar-refractivity contribution is 5.44. The van der Waals surface area contributed by atoms with E-state index in [1.165, 1.54) is 5.56 Å². The van der Waals surface area contributed by atoms with Crippen LogP contribution in [0.2, 0.25) is 0 Å². The second kappa shape index (κ2) is 5.80. The minimum absolute atomic E-state index is 0.00851. The molecule has 0 aliphatic heterocycles. The van der Waals surface area contributed by atoms with Gasteiger partial charge in [-0.15, -0.1) is 0 Å². The van der Waals surface area contributed by atoms with Gasteiger partial charge in [0, 0.05) is 12.4 Å². The minimum atomic E-state index is -0.00851. The van der Waals surface area contributed by atoms with Crippen LogP contribution in [0.15, 0.2) is 30.6 Å². The quantitative estimate of drug-likeness (QED) is 0.913. The van der Waals surface area contributed by atoms with E-state index in [1.807, 2.05) is 20.0 Å². The van der Waals surface area contributed by atoms with Crippen LogP contribution in [0.5, 0.6) is 5.75 Å². The molecule has 0 fully saturated rings. The lowest BCUT2D eigenvalue weighted by molar-refractivity contribution is 0.411. The average molecular weight is 257 g/mol. The molecule has 1 atom stereocenters. The Morgan fingerprint density at radius 2 is 1.79 bits per heavy atom. The summed E-state index contributed by atoms with van der Waals surface area (Å²) in [6.45, 7) is 4.12. The highest BCUT2D eigenvalue weighted by Crippen LogP contribution is 2.28. The van der Waals surface area contributed by atoms with E-state index >= 15 is 0 Å². The van der Waals surface area contributed by atoms with Gasteiger partial charge in [-0.2, -0.15) is 0 Å². The lowest BCUT2D eigenvalue weighted by Crippen LogP contribution is -2.21. The van der Waals surface area contributed by atoms with Crippen molar-refractivity contribution in [1.29, 1.82) is 0 Å². The molecule has 0 spiro atoms. The molecule has 0 aliphatic carbocycles. The van der Waals surface area contributed by atoms with Crippen LogP contribution in [0, 0.1) is 13.8 Å². The molecular formula is C15H19N3O. The second-order valence-corrected chi connectivity index (χ2v) is 4.51.